The number of nitrogens with zero attached hydrogens (tertiary/aromatic N) is 1. The van der Waals surface area contributed by atoms with E-state index in [1.54, 1.807) is 5.38 Å². The Bertz CT molecular complexity index is 518. The maximum atomic E-state index is 10.6. The minimum atomic E-state index is -1.01. The topological polar surface area (TPSA) is 76.9 Å². The van der Waals surface area contributed by atoms with E-state index in [-0.39, 0.29) is 5.69 Å². The molecule has 2 aromatic heterocycles. The molecule has 0 aliphatic heterocycles. The van der Waals surface area contributed by atoms with Crippen molar-refractivity contribution >= 4 is 27.5 Å². The standard InChI is InChI=1S/C8H4N2O2S/c9-2-4-3-13-6-1-5(8(11)12)10-7(4)6/h1,3,10H,(H,11,12). The number of H-pyrrole nitrogens is 1. The Morgan fingerprint density at radius 1 is 1.69 bits per heavy atom. The molecule has 0 unspecified atom stereocenters. The molecule has 5 heteroatoms. The molecule has 0 radical (unpaired) electrons. The number of rotatable bonds is 1. The van der Waals surface area contributed by atoms with E-state index in [4.69, 9.17) is 10.4 Å². The zero-order valence-corrected chi connectivity index (χ0v) is 7.18. The number of hydrogen-bond donors (Lipinski definition) is 2. The van der Waals surface area contributed by atoms with Gasteiger partial charge in [-0.1, -0.05) is 0 Å². The van der Waals surface area contributed by atoms with E-state index >= 15 is 0 Å². The number of carbonyl (C=O) groups is 1. The van der Waals surface area contributed by atoms with Gasteiger partial charge in [0.2, 0.25) is 0 Å². The summed E-state index contributed by atoms with van der Waals surface area (Å²) in [6.07, 6.45) is 0. The average molecular weight is 192 g/mol. The van der Waals surface area contributed by atoms with Gasteiger partial charge in [0.25, 0.3) is 0 Å². The Balaban J connectivity index is 2.71. The molecule has 64 valence electrons. The van der Waals surface area contributed by atoms with Gasteiger partial charge in [-0.2, -0.15) is 5.26 Å². The number of fused-ring (bicyclic) bond motifs is 1. The molecular weight excluding hydrogens is 188 g/mol. The number of aromatic nitrogens is 1. The van der Waals surface area contributed by atoms with Gasteiger partial charge in [-0.05, 0) is 6.07 Å². The molecule has 4 nitrogen and oxygen atoms in total. The highest BCUT2D eigenvalue weighted by Crippen LogP contribution is 2.25. The molecule has 2 N–H and O–H groups in total. The molecule has 0 aliphatic rings. The lowest BCUT2D eigenvalue weighted by molar-refractivity contribution is 0.0691. The van der Waals surface area contributed by atoms with Crippen molar-refractivity contribution in [2.75, 3.05) is 0 Å². The summed E-state index contributed by atoms with van der Waals surface area (Å²) in [5.74, 6) is -1.01. The maximum Gasteiger partial charge on any atom is 0.352 e. The second-order valence-corrected chi connectivity index (χ2v) is 3.40. The number of carboxylic acids is 1. The van der Waals surface area contributed by atoms with E-state index in [1.165, 1.54) is 17.4 Å². The normalized spacial score (nSPS) is 10.1. The Morgan fingerprint density at radius 2 is 2.46 bits per heavy atom. The fourth-order valence-corrected chi connectivity index (χ4v) is 1.99. The van der Waals surface area contributed by atoms with Crippen molar-refractivity contribution in [1.29, 1.82) is 5.26 Å². The molecule has 2 heterocycles. The van der Waals surface area contributed by atoms with Crippen LogP contribution in [0.25, 0.3) is 10.2 Å². The smallest absolute Gasteiger partial charge is 0.352 e. The summed E-state index contributed by atoms with van der Waals surface area (Å²) in [6.45, 7) is 0. The van der Waals surface area contributed by atoms with Crippen LogP contribution in [-0.4, -0.2) is 16.1 Å². The van der Waals surface area contributed by atoms with Crippen LogP contribution in [0.4, 0.5) is 0 Å². The Kier molecular flexibility index (Phi) is 1.57. The second-order valence-electron chi connectivity index (χ2n) is 2.49. The Labute approximate surface area is 77.0 Å². The second kappa shape index (κ2) is 2.61. The highest BCUT2D eigenvalue weighted by molar-refractivity contribution is 7.17. The van der Waals surface area contributed by atoms with Crippen molar-refractivity contribution in [2.24, 2.45) is 0 Å². The van der Waals surface area contributed by atoms with Gasteiger partial charge in [0, 0.05) is 5.38 Å². The number of aromatic carboxylic acids is 1. The molecule has 0 saturated heterocycles. The molecule has 0 spiro atoms. The highest BCUT2D eigenvalue weighted by Gasteiger charge is 2.11. The van der Waals surface area contributed by atoms with Crippen molar-refractivity contribution in [2.45, 2.75) is 0 Å². The molecular formula is C8H4N2O2S. The summed E-state index contributed by atoms with van der Waals surface area (Å²) in [5, 5.41) is 19.0. The van der Waals surface area contributed by atoms with Gasteiger partial charge in [0.1, 0.15) is 11.8 Å². The fourth-order valence-electron chi connectivity index (χ4n) is 1.11. The van der Waals surface area contributed by atoms with Crippen LogP contribution >= 0.6 is 11.3 Å². The van der Waals surface area contributed by atoms with Gasteiger partial charge in [0.05, 0.1) is 15.8 Å². The fraction of sp³-hybridized carbons (Fsp3) is 0. The minimum Gasteiger partial charge on any atom is -0.477 e. The van der Waals surface area contributed by atoms with Gasteiger partial charge in [-0.15, -0.1) is 11.3 Å². The monoisotopic (exact) mass is 192 g/mol. The van der Waals surface area contributed by atoms with Crippen molar-refractivity contribution in [3.63, 3.8) is 0 Å². The summed E-state index contributed by atoms with van der Waals surface area (Å²) in [7, 11) is 0. The van der Waals surface area contributed by atoms with Crippen molar-refractivity contribution < 1.29 is 9.90 Å². The molecule has 0 saturated carbocycles. The number of aromatic amines is 1. The number of hydrogen-bond acceptors (Lipinski definition) is 3. The zero-order valence-electron chi connectivity index (χ0n) is 6.37. The van der Waals surface area contributed by atoms with Gasteiger partial charge < -0.3 is 10.1 Å². The molecule has 0 bridgehead atoms. The lowest BCUT2D eigenvalue weighted by Crippen LogP contribution is -1.95. The highest BCUT2D eigenvalue weighted by atomic mass is 32.1. The Hall–Kier alpha value is -1.80. The molecule has 0 fully saturated rings. The SMILES string of the molecule is N#Cc1csc2cc(C(=O)O)[nH]c12. The van der Waals surface area contributed by atoms with Crippen LogP contribution in [0, 0.1) is 11.3 Å². The van der Waals surface area contributed by atoms with Crippen LogP contribution in [0.15, 0.2) is 11.4 Å². The summed E-state index contributed by atoms with van der Waals surface area (Å²) < 4.78 is 0.800. The third kappa shape index (κ3) is 1.08. The zero-order chi connectivity index (χ0) is 9.42. The molecule has 0 atom stereocenters. The van der Waals surface area contributed by atoms with E-state index in [0.717, 1.165) is 4.70 Å². The van der Waals surface area contributed by atoms with Crippen LogP contribution in [-0.2, 0) is 0 Å². The first kappa shape index (κ1) is 7.83. The van der Waals surface area contributed by atoms with Crippen molar-refractivity contribution in [1.82, 2.24) is 4.98 Å². The van der Waals surface area contributed by atoms with E-state index in [1.807, 2.05) is 6.07 Å². The molecule has 2 aromatic rings. The van der Waals surface area contributed by atoms with Crippen LogP contribution < -0.4 is 0 Å². The lowest BCUT2D eigenvalue weighted by atomic mass is 10.3. The summed E-state index contributed by atoms with van der Waals surface area (Å²) in [5.41, 5.74) is 1.23. The minimum absolute atomic E-state index is 0.123. The van der Waals surface area contributed by atoms with Gasteiger partial charge >= 0.3 is 5.97 Å². The Morgan fingerprint density at radius 3 is 3.08 bits per heavy atom. The third-order valence-electron chi connectivity index (χ3n) is 1.71. The van der Waals surface area contributed by atoms with Crippen molar-refractivity contribution in [3.05, 3.63) is 22.7 Å². The summed E-state index contributed by atoms with van der Waals surface area (Å²) in [6, 6.07) is 3.52. The van der Waals surface area contributed by atoms with Gasteiger partial charge in [0.15, 0.2) is 0 Å². The predicted molar refractivity (Wildman–Crippen MR) is 47.9 cm³/mol. The third-order valence-corrected chi connectivity index (χ3v) is 2.63. The van der Waals surface area contributed by atoms with Crippen LogP contribution in [0.3, 0.4) is 0 Å². The van der Waals surface area contributed by atoms with E-state index < -0.39 is 5.97 Å². The van der Waals surface area contributed by atoms with Gasteiger partial charge in [-0.3, -0.25) is 0 Å². The average Bonchev–Trinajstić information content (AvgIpc) is 2.60. The van der Waals surface area contributed by atoms with Crippen LogP contribution in [0.1, 0.15) is 16.1 Å². The van der Waals surface area contributed by atoms with E-state index in [9.17, 15) is 4.79 Å². The number of carboxylic acid groups (broad SMARTS) is 1. The molecule has 0 aromatic carbocycles. The summed E-state index contributed by atoms with van der Waals surface area (Å²) in [4.78, 5) is 13.2. The molecule has 0 amide bonds. The first-order valence-electron chi connectivity index (χ1n) is 3.46. The largest absolute Gasteiger partial charge is 0.477 e. The first-order valence-corrected chi connectivity index (χ1v) is 4.34. The number of nitrogens with one attached hydrogen (secondary N) is 1. The lowest BCUT2D eigenvalue weighted by Gasteiger charge is -1.84. The predicted octanol–water partition coefficient (Wildman–Crippen LogP) is 1.80. The van der Waals surface area contributed by atoms with Crippen LogP contribution in [0.2, 0.25) is 0 Å². The quantitative estimate of drug-likeness (QED) is 0.723. The van der Waals surface area contributed by atoms with Crippen LogP contribution in [0.5, 0.6) is 0 Å². The number of thiophene rings is 1. The number of nitriles is 1. The van der Waals surface area contributed by atoms with Gasteiger partial charge in [-0.25, -0.2) is 4.79 Å². The summed E-state index contributed by atoms with van der Waals surface area (Å²) >= 11 is 1.36. The van der Waals surface area contributed by atoms with Crippen molar-refractivity contribution in [3.8, 4) is 6.07 Å². The van der Waals surface area contributed by atoms with E-state index in [0.29, 0.717) is 11.1 Å². The first-order chi connectivity index (χ1) is 6.22. The maximum absolute atomic E-state index is 10.6. The molecule has 2 rings (SSSR count). The molecule has 13 heavy (non-hydrogen) atoms. The molecule has 0 aliphatic carbocycles. The van der Waals surface area contributed by atoms with E-state index in [2.05, 4.69) is 4.98 Å².